The van der Waals surface area contributed by atoms with Crippen molar-refractivity contribution < 1.29 is 9.13 Å². The lowest BCUT2D eigenvalue weighted by molar-refractivity contribution is 0.0642. The monoisotopic (exact) mass is 266 g/mol. The molecule has 1 aliphatic rings. The average Bonchev–Trinajstić information content (AvgIpc) is 2.31. The van der Waals surface area contributed by atoms with Crippen LogP contribution >= 0.6 is 0 Å². The fourth-order valence-electron chi connectivity index (χ4n) is 2.59. The van der Waals surface area contributed by atoms with E-state index in [0.717, 1.165) is 17.8 Å². The number of halogens is 1. The molecule has 1 aromatic carbocycles. The summed E-state index contributed by atoms with van der Waals surface area (Å²) in [6, 6.07) is 3.28. The molecule has 0 saturated carbocycles. The molecule has 2 N–H and O–H groups in total. The van der Waals surface area contributed by atoms with Gasteiger partial charge in [0, 0.05) is 18.3 Å². The van der Waals surface area contributed by atoms with E-state index in [4.69, 9.17) is 10.5 Å². The molecule has 1 heterocycles. The molecule has 0 aromatic heterocycles. The van der Waals surface area contributed by atoms with Crippen molar-refractivity contribution in [1.82, 2.24) is 0 Å². The molecule has 0 spiro atoms. The highest BCUT2D eigenvalue weighted by Gasteiger charge is 2.32. The second-order valence-electron chi connectivity index (χ2n) is 5.97. The van der Waals surface area contributed by atoms with Crippen LogP contribution in [0.15, 0.2) is 12.1 Å². The minimum Gasteiger partial charge on any atom is -0.377 e. The Hall–Kier alpha value is -1.13. The molecule has 1 aromatic rings. The SMILES string of the molecule is Cc1cc(N2CCOCC2(C)C)c(C(C)N)cc1F. The molecule has 2 rings (SSSR count). The number of hydrogen-bond donors (Lipinski definition) is 1. The summed E-state index contributed by atoms with van der Waals surface area (Å²) < 4.78 is 19.3. The quantitative estimate of drug-likeness (QED) is 0.894. The second kappa shape index (κ2) is 5.10. The first-order chi connectivity index (χ1) is 8.83. The van der Waals surface area contributed by atoms with Crippen molar-refractivity contribution in [2.45, 2.75) is 39.3 Å². The van der Waals surface area contributed by atoms with Gasteiger partial charge in [-0.15, -0.1) is 0 Å². The third kappa shape index (κ3) is 2.74. The van der Waals surface area contributed by atoms with Gasteiger partial charge in [0.25, 0.3) is 0 Å². The fourth-order valence-corrected chi connectivity index (χ4v) is 2.59. The van der Waals surface area contributed by atoms with Crippen LogP contribution in [0.3, 0.4) is 0 Å². The Morgan fingerprint density at radius 1 is 1.42 bits per heavy atom. The van der Waals surface area contributed by atoms with Gasteiger partial charge in [-0.25, -0.2) is 4.39 Å². The summed E-state index contributed by atoms with van der Waals surface area (Å²) in [6.45, 7) is 10.1. The second-order valence-corrected chi connectivity index (χ2v) is 5.97. The number of anilines is 1. The molecule has 3 nitrogen and oxygen atoms in total. The molecule has 1 atom stereocenters. The summed E-state index contributed by atoms with van der Waals surface area (Å²) in [7, 11) is 0. The molecular weight excluding hydrogens is 243 g/mol. The van der Waals surface area contributed by atoms with E-state index in [1.54, 1.807) is 13.0 Å². The largest absolute Gasteiger partial charge is 0.377 e. The van der Waals surface area contributed by atoms with Crippen molar-refractivity contribution in [2.75, 3.05) is 24.7 Å². The lowest BCUT2D eigenvalue weighted by Gasteiger charge is -2.45. The average molecular weight is 266 g/mol. The topological polar surface area (TPSA) is 38.5 Å². The molecule has 1 aliphatic heterocycles. The van der Waals surface area contributed by atoms with E-state index in [2.05, 4.69) is 18.7 Å². The van der Waals surface area contributed by atoms with Crippen LogP contribution in [0.2, 0.25) is 0 Å². The number of benzene rings is 1. The van der Waals surface area contributed by atoms with Crippen LogP contribution in [0.1, 0.15) is 37.9 Å². The summed E-state index contributed by atoms with van der Waals surface area (Å²) in [5.74, 6) is -0.192. The van der Waals surface area contributed by atoms with Crippen LogP contribution in [0.4, 0.5) is 10.1 Å². The van der Waals surface area contributed by atoms with Gasteiger partial charge in [-0.3, -0.25) is 0 Å². The van der Waals surface area contributed by atoms with Gasteiger partial charge >= 0.3 is 0 Å². The molecule has 1 saturated heterocycles. The van der Waals surface area contributed by atoms with E-state index in [9.17, 15) is 4.39 Å². The van der Waals surface area contributed by atoms with E-state index in [-0.39, 0.29) is 17.4 Å². The van der Waals surface area contributed by atoms with Crippen molar-refractivity contribution in [1.29, 1.82) is 0 Å². The molecule has 106 valence electrons. The lowest BCUT2D eigenvalue weighted by atomic mass is 9.96. The fraction of sp³-hybridized carbons (Fsp3) is 0.600. The van der Waals surface area contributed by atoms with Crippen LogP contribution in [-0.2, 0) is 4.74 Å². The van der Waals surface area contributed by atoms with Crippen molar-refractivity contribution in [3.8, 4) is 0 Å². The third-order valence-corrected chi connectivity index (χ3v) is 3.73. The van der Waals surface area contributed by atoms with Gasteiger partial charge in [-0.1, -0.05) is 0 Å². The van der Waals surface area contributed by atoms with Crippen molar-refractivity contribution >= 4 is 5.69 Å². The Kier molecular flexibility index (Phi) is 3.83. The van der Waals surface area contributed by atoms with Gasteiger partial charge in [0.2, 0.25) is 0 Å². The highest BCUT2D eigenvalue weighted by molar-refractivity contribution is 5.59. The molecule has 0 amide bonds. The number of rotatable bonds is 2. The lowest BCUT2D eigenvalue weighted by Crippen LogP contribution is -2.53. The molecule has 0 radical (unpaired) electrons. The number of ether oxygens (including phenoxy) is 1. The number of aryl methyl sites for hydroxylation is 1. The number of nitrogens with two attached hydrogens (primary N) is 1. The zero-order valence-electron chi connectivity index (χ0n) is 12.2. The zero-order chi connectivity index (χ0) is 14.2. The van der Waals surface area contributed by atoms with Crippen LogP contribution in [-0.4, -0.2) is 25.3 Å². The van der Waals surface area contributed by atoms with Crippen molar-refractivity contribution in [3.05, 3.63) is 29.1 Å². The van der Waals surface area contributed by atoms with Crippen LogP contribution in [0, 0.1) is 12.7 Å². The third-order valence-electron chi connectivity index (χ3n) is 3.73. The Morgan fingerprint density at radius 2 is 2.11 bits per heavy atom. The van der Waals surface area contributed by atoms with E-state index < -0.39 is 0 Å². The van der Waals surface area contributed by atoms with E-state index in [1.165, 1.54) is 0 Å². The van der Waals surface area contributed by atoms with E-state index >= 15 is 0 Å². The Balaban J connectivity index is 2.51. The molecule has 4 heteroatoms. The molecule has 1 fully saturated rings. The number of hydrogen-bond acceptors (Lipinski definition) is 3. The standard InChI is InChI=1S/C15H23FN2O/c1-10-7-14(12(11(2)17)8-13(10)16)18-5-6-19-9-15(18,3)4/h7-8,11H,5-6,9,17H2,1-4H3. The summed E-state index contributed by atoms with van der Waals surface area (Å²) in [5, 5.41) is 0. The smallest absolute Gasteiger partial charge is 0.126 e. The Bertz CT molecular complexity index is 471. The van der Waals surface area contributed by atoms with Crippen LogP contribution < -0.4 is 10.6 Å². The van der Waals surface area contributed by atoms with Gasteiger partial charge < -0.3 is 15.4 Å². The summed E-state index contributed by atoms with van der Waals surface area (Å²) >= 11 is 0. The van der Waals surface area contributed by atoms with Gasteiger partial charge in [0.05, 0.1) is 18.8 Å². The van der Waals surface area contributed by atoms with Gasteiger partial charge in [0.15, 0.2) is 0 Å². The minimum absolute atomic E-state index is 0.105. The Morgan fingerprint density at radius 3 is 2.68 bits per heavy atom. The summed E-state index contributed by atoms with van der Waals surface area (Å²) in [6.07, 6.45) is 0. The predicted molar refractivity (Wildman–Crippen MR) is 76.0 cm³/mol. The maximum atomic E-state index is 13.8. The van der Waals surface area contributed by atoms with Crippen LogP contribution in [0.25, 0.3) is 0 Å². The zero-order valence-corrected chi connectivity index (χ0v) is 12.2. The van der Waals surface area contributed by atoms with E-state index in [1.807, 2.05) is 13.0 Å². The van der Waals surface area contributed by atoms with Gasteiger partial charge in [-0.2, -0.15) is 0 Å². The maximum Gasteiger partial charge on any atom is 0.126 e. The number of morpholine rings is 1. The van der Waals surface area contributed by atoms with Crippen molar-refractivity contribution in [2.24, 2.45) is 5.73 Å². The van der Waals surface area contributed by atoms with E-state index in [0.29, 0.717) is 18.8 Å². The predicted octanol–water partition coefficient (Wildman–Crippen LogP) is 2.77. The molecule has 19 heavy (non-hydrogen) atoms. The normalized spacial score (nSPS) is 20.4. The summed E-state index contributed by atoms with van der Waals surface area (Å²) in [4.78, 5) is 2.28. The highest BCUT2D eigenvalue weighted by Crippen LogP contribution is 2.34. The van der Waals surface area contributed by atoms with Crippen LogP contribution in [0.5, 0.6) is 0 Å². The Labute approximate surface area is 114 Å². The molecule has 0 bridgehead atoms. The molecule has 0 aliphatic carbocycles. The number of nitrogens with zero attached hydrogens (tertiary/aromatic N) is 1. The molecule has 1 unspecified atom stereocenters. The minimum atomic E-state index is -0.192. The summed E-state index contributed by atoms with van der Waals surface area (Å²) in [5.41, 5.74) is 8.44. The van der Waals surface area contributed by atoms with Crippen molar-refractivity contribution in [3.63, 3.8) is 0 Å². The van der Waals surface area contributed by atoms with Gasteiger partial charge in [0.1, 0.15) is 5.82 Å². The van der Waals surface area contributed by atoms with Gasteiger partial charge in [-0.05, 0) is 51.0 Å². The first kappa shape index (κ1) is 14.3. The first-order valence-corrected chi connectivity index (χ1v) is 6.74. The first-order valence-electron chi connectivity index (χ1n) is 6.74. The highest BCUT2D eigenvalue weighted by atomic mass is 19.1. The maximum absolute atomic E-state index is 13.8. The molecular formula is C15H23FN2O.